The first-order valence-electron chi connectivity index (χ1n) is 7.12. The number of amides is 2. The minimum absolute atomic E-state index is 0.205. The average Bonchev–Trinajstić information content (AvgIpc) is 2.79. The summed E-state index contributed by atoms with van der Waals surface area (Å²) in [5, 5.41) is 2.31. The molecule has 1 N–H and O–H groups in total. The van der Waals surface area contributed by atoms with Crippen molar-refractivity contribution in [1.29, 1.82) is 0 Å². The predicted octanol–water partition coefficient (Wildman–Crippen LogP) is 4.39. The van der Waals surface area contributed by atoms with Crippen molar-refractivity contribution < 1.29 is 9.59 Å². The fourth-order valence-electron chi connectivity index (χ4n) is 2.25. The second-order valence-corrected chi connectivity index (χ2v) is 7.30. The van der Waals surface area contributed by atoms with Gasteiger partial charge in [0.25, 0.3) is 11.1 Å². The van der Waals surface area contributed by atoms with Gasteiger partial charge in [-0.3, -0.25) is 14.5 Å². The summed E-state index contributed by atoms with van der Waals surface area (Å²) in [4.78, 5) is 25.9. The number of halogens is 1. The molecule has 2 aromatic rings. The fourth-order valence-corrected chi connectivity index (χ4v) is 3.42. The molecule has 2 amide bonds. The minimum atomic E-state index is -0.575. The molecule has 1 fully saturated rings. The van der Waals surface area contributed by atoms with Crippen LogP contribution in [-0.4, -0.2) is 21.4 Å². The van der Waals surface area contributed by atoms with Crippen LogP contribution >= 0.6 is 27.7 Å². The van der Waals surface area contributed by atoms with Gasteiger partial charge in [0.15, 0.2) is 5.37 Å². The van der Waals surface area contributed by atoms with Crippen molar-refractivity contribution in [1.82, 2.24) is 4.90 Å². The number of nitrogens with one attached hydrogen (secondary N) is 1. The molecule has 4 nitrogen and oxygen atoms in total. The number of thioether (sulfide) groups is 1. The van der Waals surface area contributed by atoms with E-state index in [1.54, 1.807) is 0 Å². The van der Waals surface area contributed by atoms with Crippen LogP contribution in [0.4, 0.5) is 10.5 Å². The lowest BCUT2D eigenvalue weighted by Gasteiger charge is -2.15. The first kappa shape index (κ1) is 16.1. The quantitative estimate of drug-likeness (QED) is 0.840. The number of hydrogen-bond acceptors (Lipinski definition) is 4. The van der Waals surface area contributed by atoms with Crippen LogP contribution in [0.2, 0.25) is 0 Å². The number of carbonyl (C=O) groups is 2. The van der Waals surface area contributed by atoms with Crippen LogP contribution in [0.3, 0.4) is 0 Å². The molecule has 0 bridgehead atoms. The largest absolute Gasteiger partial charge is 0.365 e. The summed E-state index contributed by atoms with van der Waals surface area (Å²) in [7, 11) is 0. The third kappa shape index (κ3) is 3.76. The van der Waals surface area contributed by atoms with Gasteiger partial charge in [0, 0.05) is 10.2 Å². The van der Waals surface area contributed by atoms with E-state index in [-0.39, 0.29) is 11.1 Å². The van der Waals surface area contributed by atoms with Crippen LogP contribution < -0.4 is 5.32 Å². The van der Waals surface area contributed by atoms with E-state index in [1.165, 1.54) is 4.90 Å². The lowest BCUT2D eigenvalue weighted by atomic mass is 10.1. The average molecular weight is 391 g/mol. The molecule has 0 spiro atoms. The molecule has 0 unspecified atom stereocenters. The van der Waals surface area contributed by atoms with Crippen LogP contribution in [0.25, 0.3) is 0 Å². The van der Waals surface area contributed by atoms with Crippen LogP contribution in [0.1, 0.15) is 11.1 Å². The van der Waals surface area contributed by atoms with Crippen molar-refractivity contribution in [2.45, 2.75) is 18.8 Å². The van der Waals surface area contributed by atoms with Gasteiger partial charge in [0.05, 0.1) is 6.54 Å². The number of benzene rings is 2. The predicted molar refractivity (Wildman–Crippen MR) is 96.3 cm³/mol. The van der Waals surface area contributed by atoms with Crippen LogP contribution in [-0.2, 0) is 11.3 Å². The molecule has 6 heteroatoms. The Morgan fingerprint density at radius 3 is 2.39 bits per heavy atom. The van der Waals surface area contributed by atoms with Gasteiger partial charge in [0.1, 0.15) is 0 Å². The topological polar surface area (TPSA) is 49.4 Å². The molecule has 0 radical (unpaired) electrons. The van der Waals surface area contributed by atoms with Crippen molar-refractivity contribution in [3.05, 3.63) is 64.1 Å². The Bertz CT molecular complexity index is 731. The molecule has 1 aliphatic rings. The number of hydrogen-bond donors (Lipinski definition) is 1. The van der Waals surface area contributed by atoms with Gasteiger partial charge in [-0.1, -0.05) is 45.8 Å². The maximum absolute atomic E-state index is 12.5. The molecule has 1 heterocycles. The minimum Gasteiger partial charge on any atom is -0.365 e. The Morgan fingerprint density at radius 2 is 1.74 bits per heavy atom. The van der Waals surface area contributed by atoms with Crippen LogP contribution in [0.5, 0.6) is 0 Å². The molecular weight excluding hydrogens is 376 g/mol. The van der Waals surface area contributed by atoms with Crippen molar-refractivity contribution in [2.24, 2.45) is 0 Å². The van der Waals surface area contributed by atoms with Gasteiger partial charge in [-0.25, -0.2) is 0 Å². The van der Waals surface area contributed by atoms with E-state index in [0.29, 0.717) is 6.54 Å². The number of rotatable bonds is 4. The van der Waals surface area contributed by atoms with Crippen molar-refractivity contribution in [2.75, 3.05) is 5.32 Å². The first-order chi connectivity index (χ1) is 11.0. The third-order valence-electron chi connectivity index (χ3n) is 3.53. The van der Waals surface area contributed by atoms with E-state index >= 15 is 0 Å². The Morgan fingerprint density at radius 1 is 1.09 bits per heavy atom. The third-order valence-corrected chi connectivity index (χ3v) is 5.04. The second kappa shape index (κ2) is 6.76. The second-order valence-electron chi connectivity index (χ2n) is 5.33. The maximum atomic E-state index is 12.5. The van der Waals surface area contributed by atoms with Crippen molar-refractivity contribution in [3.63, 3.8) is 0 Å². The lowest BCUT2D eigenvalue weighted by molar-refractivity contribution is -0.126. The molecule has 1 atom stereocenters. The van der Waals surface area contributed by atoms with Gasteiger partial charge in [0.2, 0.25) is 0 Å². The van der Waals surface area contributed by atoms with Crippen molar-refractivity contribution in [3.8, 4) is 0 Å². The summed E-state index contributed by atoms with van der Waals surface area (Å²) in [6, 6.07) is 15.3. The summed E-state index contributed by atoms with van der Waals surface area (Å²) in [5.41, 5.74) is 2.91. The Kier molecular flexibility index (Phi) is 4.73. The lowest BCUT2D eigenvalue weighted by Crippen LogP contribution is -2.33. The zero-order valence-corrected chi connectivity index (χ0v) is 14.9. The molecule has 0 aliphatic carbocycles. The molecule has 23 heavy (non-hydrogen) atoms. The van der Waals surface area contributed by atoms with Gasteiger partial charge >= 0.3 is 0 Å². The molecule has 3 rings (SSSR count). The van der Waals surface area contributed by atoms with E-state index in [2.05, 4.69) is 21.2 Å². The molecule has 1 aliphatic heterocycles. The highest BCUT2D eigenvalue weighted by Crippen LogP contribution is 2.29. The monoisotopic (exact) mass is 390 g/mol. The van der Waals surface area contributed by atoms with Gasteiger partial charge in [-0.05, 0) is 48.5 Å². The summed E-state index contributed by atoms with van der Waals surface area (Å²) < 4.78 is 0.963. The molecular formula is C17H15BrN2O2S. The summed E-state index contributed by atoms with van der Waals surface area (Å²) >= 11 is 4.39. The number of nitrogens with zero attached hydrogens (tertiary/aromatic N) is 1. The zero-order valence-electron chi connectivity index (χ0n) is 12.5. The van der Waals surface area contributed by atoms with E-state index in [1.807, 2.05) is 55.5 Å². The Hall–Kier alpha value is -1.79. The highest BCUT2D eigenvalue weighted by atomic mass is 79.9. The fraction of sp³-hybridized carbons (Fsp3) is 0.176. The standard InChI is InChI=1S/C17H15BrN2O2S/c1-11-2-4-12(5-3-11)10-20-16(21)15(23-17(20)22)19-14-8-6-13(18)7-9-14/h2-9,15,19H,10H2,1H3/t15-/m0/s1. The highest BCUT2D eigenvalue weighted by Gasteiger charge is 2.39. The zero-order chi connectivity index (χ0) is 16.4. The van der Waals surface area contributed by atoms with E-state index in [4.69, 9.17) is 0 Å². The normalized spacial score (nSPS) is 17.7. The molecule has 0 aromatic heterocycles. The summed E-state index contributed by atoms with van der Waals surface area (Å²) in [6.45, 7) is 2.31. The maximum Gasteiger partial charge on any atom is 0.291 e. The Balaban J connectivity index is 1.69. The van der Waals surface area contributed by atoms with Crippen LogP contribution in [0.15, 0.2) is 53.0 Å². The van der Waals surface area contributed by atoms with Gasteiger partial charge in [-0.2, -0.15) is 0 Å². The first-order valence-corrected chi connectivity index (χ1v) is 8.80. The summed E-state index contributed by atoms with van der Waals surface area (Å²) in [6.07, 6.45) is 0. The number of anilines is 1. The van der Waals surface area contributed by atoms with Crippen molar-refractivity contribution >= 4 is 44.5 Å². The molecule has 0 saturated carbocycles. The SMILES string of the molecule is Cc1ccc(CN2C(=O)S[C@H](Nc3ccc(Br)cc3)C2=O)cc1. The van der Waals surface area contributed by atoms with Gasteiger partial charge < -0.3 is 5.32 Å². The molecule has 118 valence electrons. The smallest absolute Gasteiger partial charge is 0.291 e. The number of imide groups is 1. The summed E-state index contributed by atoms with van der Waals surface area (Å²) in [5.74, 6) is -0.205. The van der Waals surface area contributed by atoms with E-state index in [9.17, 15) is 9.59 Å². The Labute approximate surface area is 147 Å². The number of carbonyl (C=O) groups excluding carboxylic acids is 2. The van der Waals surface area contributed by atoms with Gasteiger partial charge in [-0.15, -0.1) is 0 Å². The highest BCUT2D eigenvalue weighted by molar-refractivity contribution is 9.10. The van der Waals surface area contributed by atoms with E-state index < -0.39 is 5.37 Å². The van der Waals surface area contributed by atoms with Crippen LogP contribution in [0, 0.1) is 6.92 Å². The number of aryl methyl sites for hydroxylation is 1. The molecule has 2 aromatic carbocycles. The molecule has 1 saturated heterocycles. The van der Waals surface area contributed by atoms with E-state index in [0.717, 1.165) is 33.0 Å².